The fourth-order valence-electron chi connectivity index (χ4n) is 3.49. The molecule has 0 saturated carbocycles. The van der Waals surface area contributed by atoms with Crippen molar-refractivity contribution in [1.82, 2.24) is 14.5 Å². The highest BCUT2D eigenvalue weighted by molar-refractivity contribution is 5.95. The Kier molecular flexibility index (Phi) is 4.11. The standard InChI is InChI=1S/C20H20N6O2/c1-20(9-7-15(21)18(11-20)26(27)28)24-19-22-10-8-16(23-19)14-12-25(2)17-6-4-3-5-13(14)17/h3-8,10-12H,9,21H2,1-2H3,(H,22,23,24). The van der Waals surface area contributed by atoms with Crippen molar-refractivity contribution in [3.63, 3.8) is 0 Å². The molecule has 3 N–H and O–H groups in total. The van der Waals surface area contributed by atoms with Crippen LogP contribution >= 0.6 is 0 Å². The number of fused-ring (bicyclic) bond motifs is 1. The Morgan fingerprint density at radius 3 is 2.89 bits per heavy atom. The number of anilines is 1. The zero-order valence-electron chi connectivity index (χ0n) is 15.6. The molecule has 0 aliphatic heterocycles. The number of benzene rings is 1. The Labute approximate surface area is 161 Å². The molecule has 2 aromatic heterocycles. The summed E-state index contributed by atoms with van der Waals surface area (Å²) in [6, 6.07) is 9.97. The van der Waals surface area contributed by atoms with Crippen LogP contribution in [0, 0.1) is 10.1 Å². The normalized spacial score (nSPS) is 19.2. The number of rotatable bonds is 4. The van der Waals surface area contributed by atoms with Crippen LogP contribution in [0.5, 0.6) is 0 Å². The van der Waals surface area contributed by atoms with Gasteiger partial charge in [0.1, 0.15) is 5.70 Å². The van der Waals surface area contributed by atoms with Crippen molar-refractivity contribution in [3.05, 3.63) is 76.4 Å². The fraction of sp³-hybridized carbons (Fsp3) is 0.200. The SMILES string of the molecule is Cn1cc(-c2ccnc(NC3(C)C=C([N+](=O)[O-])C(N)=CC3)n2)c2ccccc21. The maximum Gasteiger partial charge on any atom is 0.290 e. The van der Waals surface area contributed by atoms with Crippen molar-refractivity contribution in [3.8, 4) is 11.3 Å². The van der Waals surface area contributed by atoms with Crippen molar-refractivity contribution in [2.75, 3.05) is 5.32 Å². The molecule has 8 heteroatoms. The first-order chi connectivity index (χ1) is 13.4. The van der Waals surface area contributed by atoms with Crippen molar-refractivity contribution < 1.29 is 4.92 Å². The summed E-state index contributed by atoms with van der Waals surface area (Å²) < 4.78 is 2.06. The molecule has 28 heavy (non-hydrogen) atoms. The molecule has 1 atom stereocenters. The molecule has 0 fully saturated rings. The molecule has 1 aliphatic rings. The van der Waals surface area contributed by atoms with Gasteiger partial charge in [0.15, 0.2) is 0 Å². The number of aromatic nitrogens is 3. The van der Waals surface area contributed by atoms with Crippen LogP contribution in [0.2, 0.25) is 0 Å². The summed E-state index contributed by atoms with van der Waals surface area (Å²) in [5.41, 5.74) is 8.00. The van der Waals surface area contributed by atoms with E-state index < -0.39 is 10.5 Å². The average Bonchev–Trinajstić information content (AvgIpc) is 3.01. The lowest BCUT2D eigenvalue weighted by molar-refractivity contribution is -0.421. The van der Waals surface area contributed by atoms with E-state index in [1.54, 1.807) is 12.3 Å². The smallest absolute Gasteiger partial charge is 0.290 e. The molecular formula is C20H20N6O2. The van der Waals surface area contributed by atoms with Gasteiger partial charge in [0.25, 0.3) is 5.70 Å². The largest absolute Gasteiger partial charge is 0.393 e. The Morgan fingerprint density at radius 2 is 2.11 bits per heavy atom. The highest BCUT2D eigenvalue weighted by Gasteiger charge is 2.31. The summed E-state index contributed by atoms with van der Waals surface area (Å²) in [6.07, 6.45) is 7.39. The topological polar surface area (TPSA) is 112 Å². The molecule has 8 nitrogen and oxygen atoms in total. The zero-order valence-corrected chi connectivity index (χ0v) is 15.6. The van der Waals surface area contributed by atoms with Crippen LogP contribution in [0.4, 0.5) is 5.95 Å². The second kappa shape index (κ2) is 6.49. The lowest BCUT2D eigenvalue weighted by Crippen LogP contribution is -2.36. The van der Waals surface area contributed by atoms with Crippen molar-refractivity contribution in [2.24, 2.45) is 12.8 Å². The summed E-state index contributed by atoms with van der Waals surface area (Å²) in [5, 5.41) is 15.5. The second-order valence-corrected chi connectivity index (χ2v) is 7.13. The predicted molar refractivity (Wildman–Crippen MR) is 108 cm³/mol. The number of hydrogen-bond donors (Lipinski definition) is 2. The van der Waals surface area contributed by atoms with E-state index in [4.69, 9.17) is 5.73 Å². The molecule has 1 aromatic carbocycles. The third kappa shape index (κ3) is 3.09. The van der Waals surface area contributed by atoms with E-state index in [-0.39, 0.29) is 11.4 Å². The Morgan fingerprint density at radius 1 is 1.32 bits per heavy atom. The number of nitrogens with two attached hydrogens (primary N) is 1. The predicted octanol–water partition coefficient (Wildman–Crippen LogP) is 3.21. The van der Waals surface area contributed by atoms with Gasteiger partial charge in [-0.05, 0) is 25.5 Å². The van der Waals surface area contributed by atoms with E-state index in [9.17, 15) is 10.1 Å². The van der Waals surface area contributed by atoms with Gasteiger partial charge in [-0.2, -0.15) is 0 Å². The molecule has 0 amide bonds. The zero-order chi connectivity index (χ0) is 19.9. The third-order valence-electron chi connectivity index (χ3n) is 4.92. The maximum absolute atomic E-state index is 11.2. The summed E-state index contributed by atoms with van der Waals surface area (Å²) in [4.78, 5) is 19.7. The van der Waals surface area contributed by atoms with Crippen LogP contribution in [-0.2, 0) is 7.05 Å². The maximum atomic E-state index is 11.2. The Hall–Kier alpha value is -3.68. The molecule has 0 spiro atoms. The highest BCUT2D eigenvalue weighted by Crippen LogP contribution is 2.31. The van der Waals surface area contributed by atoms with Crippen LogP contribution in [0.15, 0.2) is 66.3 Å². The summed E-state index contributed by atoms with van der Waals surface area (Å²) in [7, 11) is 2.00. The highest BCUT2D eigenvalue weighted by atomic mass is 16.6. The van der Waals surface area contributed by atoms with Crippen molar-refractivity contribution >= 4 is 16.9 Å². The van der Waals surface area contributed by atoms with E-state index in [0.717, 1.165) is 22.2 Å². The molecule has 2 heterocycles. The third-order valence-corrected chi connectivity index (χ3v) is 4.92. The van der Waals surface area contributed by atoms with E-state index in [1.165, 1.54) is 6.08 Å². The average molecular weight is 376 g/mol. The molecule has 4 rings (SSSR count). The summed E-state index contributed by atoms with van der Waals surface area (Å²) in [6.45, 7) is 1.85. The lowest BCUT2D eigenvalue weighted by Gasteiger charge is -2.28. The molecule has 0 bridgehead atoms. The number of hydrogen-bond acceptors (Lipinski definition) is 6. The Balaban J connectivity index is 1.69. The second-order valence-electron chi connectivity index (χ2n) is 7.13. The Bertz CT molecular complexity index is 1150. The molecule has 3 aromatic rings. The van der Waals surface area contributed by atoms with E-state index in [0.29, 0.717) is 12.4 Å². The van der Waals surface area contributed by atoms with Crippen molar-refractivity contribution in [2.45, 2.75) is 18.9 Å². The van der Waals surface area contributed by atoms with Gasteiger partial charge < -0.3 is 15.6 Å². The van der Waals surface area contributed by atoms with Crippen LogP contribution in [0.1, 0.15) is 13.3 Å². The molecule has 0 radical (unpaired) electrons. The van der Waals surface area contributed by atoms with E-state index in [2.05, 4.69) is 32.0 Å². The minimum Gasteiger partial charge on any atom is -0.393 e. The van der Waals surface area contributed by atoms with Crippen LogP contribution in [0.3, 0.4) is 0 Å². The number of para-hydroxylation sites is 1. The number of aryl methyl sites for hydroxylation is 1. The minimum atomic E-state index is -0.706. The lowest BCUT2D eigenvalue weighted by atomic mass is 9.91. The number of nitro groups is 1. The first kappa shape index (κ1) is 17.7. The van der Waals surface area contributed by atoms with Crippen LogP contribution in [0.25, 0.3) is 22.2 Å². The van der Waals surface area contributed by atoms with Gasteiger partial charge in [-0.15, -0.1) is 0 Å². The molecule has 1 aliphatic carbocycles. The first-order valence-electron chi connectivity index (χ1n) is 8.85. The quantitative estimate of drug-likeness (QED) is 0.534. The van der Waals surface area contributed by atoms with Gasteiger partial charge in [-0.25, -0.2) is 9.97 Å². The molecule has 0 saturated heterocycles. The van der Waals surface area contributed by atoms with E-state index >= 15 is 0 Å². The summed E-state index contributed by atoms with van der Waals surface area (Å²) >= 11 is 0. The van der Waals surface area contributed by atoms with Crippen LogP contribution in [-0.4, -0.2) is 25.0 Å². The van der Waals surface area contributed by atoms with Gasteiger partial charge >= 0.3 is 0 Å². The molecule has 142 valence electrons. The fourth-order valence-corrected chi connectivity index (χ4v) is 3.49. The van der Waals surface area contributed by atoms with Gasteiger partial charge in [0.05, 0.1) is 16.2 Å². The van der Waals surface area contributed by atoms with Crippen LogP contribution < -0.4 is 11.1 Å². The molecular weight excluding hydrogens is 356 g/mol. The van der Waals surface area contributed by atoms with Gasteiger partial charge in [0, 0.05) is 42.0 Å². The van der Waals surface area contributed by atoms with Gasteiger partial charge in [-0.3, -0.25) is 10.1 Å². The van der Waals surface area contributed by atoms with Gasteiger partial charge in [0.2, 0.25) is 5.95 Å². The number of nitrogens with zero attached hydrogens (tertiary/aromatic N) is 4. The monoisotopic (exact) mass is 376 g/mol. The minimum absolute atomic E-state index is 0.105. The summed E-state index contributed by atoms with van der Waals surface area (Å²) in [5.74, 6) is 0.403. The van der Waals surface area contributed by atoms with Gasteiger partial charge in [-0.1, -0.05) is 24.3 Å². The number of nitrogens with one attached hydrogen (secondary N) is 1. The van der Waals surface area contributed by atoms with Crippen molar-refractivity contribution in [1.29, 1.82) is 0 Å². The molecule has 1 unspecified atom stereocenters. The van der Waals surface area contributed by atoms with E-state index in [1.807, 2.05) is 38.4 Å². The first-order valence-corrected chi connectivity index (χ1v) is 8.85.